The summed E-state index contributed by atoms with van der Waals surface area (Å²) in [7, 11) is 0. The lowest BCUT2D eigenvalue weighted by Gasteiger charge is -2.23. The molecule has 1 fully saturated rings. The van der Waals surface area contributed by atoms with Gasteiger partial charge in [0.05, 0.1) is 30.2 Å². The summed E-state index contributed by atoms with van der Waals surface area (Å²) in [4.78, 5) is 34.9. The molecule has 2 heterocycles. The minimum absolute atomic E-state index is 0.0210. The molecule has 6 nitrogen and oxygen atoms in total. The zero-order chi connectivity index (χ0) is 17.8. The van der Waals surface area contributed by atoms with Gasteiger partial charge >= 0.3 is 0 Å². The fraction of sp³-hybridized carbons (Fsp3) is 0.333. The highest BCUT2D eigenvalue weighted by Gasteiger charge is 2.28. The van der Waals surface area contributed by atoms with Crippen LogP contribution in [0.25, 0.3) is 10.9 Å². The molecule has 0 bridgehead atoms. The number of carbonyl (C=O) groups is 2. The Labute approximate surface area is 154 Å². The lowest BCUT2D eigenvalue weighted by molar-refractivity contribution is -0.130. The number of nitrogens with zero attached hydrogens (tertiary/aromatic N) is 3. The molecule has 0 saturated carbocycles. The average Bonchev–Trinajstić information content (AvgIpc) is 3.07. The molecule has 1 atom stereocenters. The topological polar surface area (TPSA) is 74.7 Å². The highest BCUT2D eigenvalue weighted by molar-refractivity contribution is 9.10. The summed E-state index contributed by atoms with van der Waals surface area (Å²) in [6, 6.07) is 7.32. The predicted molar refractivity (Wildman–Crippen MR) is 101 cm³/mol. The third-order valence-electron chi connectivity index (χ3n) is 4.39. The number of aliphatic imine (C=N–C) groups is 1. The maximum atomic E-state index is 12.5. The van der Waals surface area contributed by atoms with Crippen molar-refractivity contribution in [2.24, 2.45) is 4.99 Å². The largest absolute Gasteiger partial charge is 0.343 e. The number of rotatable bonds is 5. The maximum Gasteiger partial charge on any atom is 0.252 e. The Kier molecular flexibility index (Phi) is 5.43. The van der Waals surface area contributed by atoms with Gasteiger partial charge in [-0.05, 0) is 37.8 Å². The van der Waals surface area contributed by atoms with Gasteiger partial charge in [-0.3, -0.25) is 19.6 Å². The first-order chi connectivity index (χ1) is 12.1. The van der Waals surface area contributed by atoms with Crippen LogP contribution in [0.4, 0.5) is 0 Å². The third kappa shape index (κ3) is 3.87. The zero-order valence-electron chi connectivity index (χ0n) is 13.7. The Morgan fingerprint density at radius 3 is 3.04 bits per heavy atom. The number of likely N-dealkylation sites (tertiary alicyclic amines) is 1. The van der Waals surface area contributed by atoms with E-state index < -0.39 is 0 Å². The molecule has 0 radical (unpaired) electrons. The maximum absolute atomic E-state index is 12.5. The Morgan fingerprint density at radius 1 is 1.40 bits per heavy atom. The van der Waals surface area contributed by atoms with Gasteiger partial charge in [0.25, 0.3) is 5.91 Å². The van der Waals surface area contributed by atoms with Crippen LogP contribution in [0.1, 0.15) is 23.2 Å². The standard InChI is InChI=1S/C18H19BrN4O2/c1-20-10-13-3-2-8-23(13)17(24)11-22-18(25)15-6-7-21-16-9-12(19)4-5-14(15)16/h4-7,9,13H,1-3,8,10-11H2,(H,22,25)/t13-/m0/s1. The SMILES string of the molecule is C=NC[C@@H]1CCCN1C(=O)CNC(=O)c1ccnc2cc(Br)ccc12. The second-order valence-corrected chi connectivity index (χ2v) is 6.91. The van der Waals surface area contributed by atoms with Gasteiger partial charge in [0.2, 0.25) is 5.91 Å². The number of amides is 2. The Balaban J connectivity index is 1.69. The molecule has 0 aliphatic carbocycles. The molecule has 1 aliphatic rings. The van der Waals surface area contributed by atoms with E-state index in [1.54, 1.807) is 17.2 Å². The zero-order valence-corrected chi connectivity index (χ0v) is 15.3. The van der Waals surface area contributed by atoms with Gasteiger partial charge in [-0.15, -0.1) is 0 Å². The number of fused-ring (bicyclic) bond motifs is 1. The quantitative estimate of drug-likeness (QED) is 0.780. The number of aromatic nitrogens is 1. The number of halogens is 1. The van der Waals surface area contributed by atoms with Crippen LogP contribution in [0.3, 0.4) is 0 Å². The highest BCUT2D eigenvalue weighted by atomic mass is 79.9. The normalized spacial score (nSPS) is 16.8. The molecular formula is C18H19BrN4O2. The van der Waals surface area contributed by atoms with Crippen LogP contribution in [-0.4, -0.2) is 54.1 Å². The molecule has 2 amide bonds. The van der Waals surface area contributed by atoms with Crippen molar-refractivity contribution in [2.45, 2.75) is 18.9 Å². The van der Waals surface area contributed by atoms with E-state index in [4.69, 9.17) is 0 Å². The van der Waals surface area contributed by atoms with Crippen LogP contribution in [0, 0.1) is 0 Å². The molecule has 25 heavy (non-hydrogen) atoms. The van der Waals surface area contributed by atoms with Gasteiger partial charge in [-0.2, -0.15) is 0 Å². The third-order valence-corrected chi connectivity index (χ3v) is 4.88. The molecule has 130 valence electrons. The van der Waals surface area contributed by atoms with Gasteiger partial charge in [-0.1, -0.05) is 22.0 Å². The Morgan fingerprint density at radius 2 is 2.24 bits per heavy atom. The molecule has 1 saturated heterocycles. The van der Waals surface area contributed by atoms with Gasteiger partial charge < -0.3 is 10.2 Å². The molecule has 1 aromatic carbocycles. The molecule has 3 rings (SSSR count). The summed E-state index contributed by atoms with van der Waals surface area (Å²) in [6.07, 6.45) is 3.49. The number of carbonyl (C=O) groups excluding carboxylic acids is 2. The summed E-state index contributed by atoms with van der Waals surface area (Å²) < 4.78 is 0.899. The van der Waals surface area contributed by atoms with E-state index in [1.165, 1.54) is 0 Å². The van der Waals surface area contributed by atoms with E-state index in [0.29, 0.717) is 18.7 Å². The van der Waals surface area contributed by atoms with Crippen molar-refractivity contribution in [2.75, 3.05) is 19.6 Å². The van der Waals surface area contributed by atoms with Crippen molar-refractivity contribution in [1.82, 2.24) is 15.2 Å². The van der Waals surface area contributed by atoms with Crippen molar-refractivity contribution in [3.05, 3.63) is 40.5 Å². The first kappa shape index (κ1) is 17.5. The molecule has 0 spiro atoms. The molecule has 1 aliphatic heterocycles. The summed E-state index contributed by atoms with van der Waals surface area (Å²) in [6.45, 7) is 4.73. The first-order valence-electron chi connectivity index (χ1n) is 8.14. The Hall–Kier alpha value is -2.28. The van der Waals surface area contributed by atoms with Gasteiger partial charge in [0.15, 0.2) is 0 Å². The average molecular weight is 403 g/mol. The second-order valence-electron chi connectivity index (χ2n) is 5.99. The summed E-state index contributed by atoms with van der Waals surface area (Å²) in [5.41, 5.74) is 1.24. The lowest BCUT2D eigenvalue weighted by Crippen LogP contribution is -2.43. The predicted octanol–water partition coefficient (Wildman–Crippen LogP) is 2.42. The fourth-order valence-electron chi connectivity index (χ4n) is 3.17. The number of hydrogen-bond acceptors (Lipinski definition) is 4. The molecule has 0 unspecified atom stereocenters. The molecule has 1 aromatic heterocycles. The Bertz CT molecular complexity index is 824. The minimum atomic E-state index is -0.277. The van der Waals surface area contributed by atoms with E-state index in [1.807, 2.05) is 18.2 Å². The van der Waals surface area contributed by atoms with Crippen LogP contribution in [0.5, 0.6) is 0 Å². The van der Waals surface area contributed by atoms with Crippen LogP contribution in [0.15, 0.2) is 39.9 Å². The van der Waals surface area contributed by atoms with Crippen molar-refractivity contribution in [1.29, 1.82) is 0 Å². The van der Waals surface area contributed by atoms with Gasteiger partial charge in [0.1, 0.15) is 0 Å². The van der Waals surface area contributed by atoms with E-state index >= 15 is 0 Å². The lowest BCUT2D eigenvalue weighted by atomic mass is 10.1. The van der Waals surface area contributed by atoms with Gasteiger partial charge in [0, 0.05) is 22.6 Å². The number of hydrogen-bond donors (Lipinski definition) is 1. The van der Waals surface area contributed by atoms with E-state index in [-0.39, 0.29) is 24.4 Å². The van der Waals surface area contributed by atoms with Crippen LogP contribution in [0.2, 0.25) is 0 Å². The molecule has 7 heteroatoms. The summed E-state index contributed by atoms with van der Waals surface area (Å²) in [5.74, 6) is -0.360. The van der Waals surface area contributed by atoms with E-state index in [2.05, 4.69) is 37.9 Å². The van der Waals surface area contributed by atoms with Crippen molar-refractivity contribution < 1.29 is 9.59 Å². The number of nitrogens with one attached hydrogen (secondary N) is 1. The summed E-state index contributed by atoms with van der Waals surface area (Å²) >= 11 is 3.40. The second kappa shape index (κ2) is 7.74. The smallest absolute Gasteiger partial charge is 0.252 e. The van der Waals surface area contributed by atoms with Crippen LogP contribution in [-0.2, 0) is 4.79 Å². The summed E-state index contributed by atoms with van der Waals surface area (Å²) in [5, 5.41) is 3.48. The first-order valence-corrected chi connectivity index (χ1v) is 8.94. The highest BCUT2D eigenvalue weighted by Crippen LogP contribution is 2.21. The fourth-order valence-corrected chi connectivity index (χ4v) is 3.52. The monoisotopic (exact) mass is 402 g/mol. The van der Waals surface area contributed by atoms with Crippen LogP contribution < -0.4 is 5.32 Å². The van der Waals surface area contributed by atoms with Crippen molar-refractivity contribution >= 4 is 45.4 Å². The minimum Gasteiger partial charge on any atom is -0.343 e. The number of benzene rings is 1. The molecule has 2 aromatic rings. The van der Waals surface area contributed by atoms with Crippen LogP contribution >= 0.6 is 15.9 Å². The van der Waals surface area contributed by atoms with Gasteiger partial charge in [-0.25, -0.2) is 0 Å². The van der Waals surface area contributed by atoms with E-state index in [9.17, 15) is 9.59 Å². The van der Waals surface area contributed by atoms with Crippen molar-refractivity contribution in [3.8, 4) is 0 Å². The number of pyridine rings is 1. The molecule has 1 N–H and O–H groups in total. The van der Waals surface area contributed by atoms with E-state index in [0.717, 1.165) is 28.2 Å². The van der Waals surface area contributed by atoms with Crippen molar-refractivity contribution in [3.63, 3.8) is 0 Å². The molecular weight excluding hydrogens is 384 g/mol.